The number of morpholine rings is 1. The Hall–Kier alpha value is -1.30. The van der Waals surface area contributed by atoms with E-state index in [1.165, 1.54) is 0 Å². The fraction of sp³-hybridized carbons (Fsp3) is 0.600. The van der Waals surface area contributed by atoms with Crippen LogP contribution in [-0.2, 0) is 4.74 Å². The first-order valence-electron chi connectivity index (χ1n) is 7.11. The SMILES string of the molecule is CC1COC(CO)CN1CC1COc2ccccc2O1. The smallest absolute Gasteiger partial charge is 0.161 e. The van der Waals surface area contributed by atoms with E-state index < -0.39 is 0 Å². The van der Waals surface area contributed by atoms with Gasteiger partial charge >= 0.3 is 0 Å². The maximum Gasteiger partial charge on any atom is 0.161 e. The Morgan fingerprint density at radius 1 is 1.20 bits per heavy atom. The van der Waals surface area contributed by atoms with Gasteiger partial charge in [-0.25, -0.2) is 0 Å². The Bertz CT molecular complexity index is 453. The van der Waals surface area contributed by atoms with Gasteiger partial charge in [0.1, 0.15) is 12.7 Å². The second kappa shape index (κ2) is 5.99. The Morgan fingerprint density at radius 2 is 2.00 bits per heavy atom. The van der Waals surface area contributed by atoms with Gasteiger partial charge in [-0.15, -0.1) is 0 Å². The molecule has 110 valence electrons. The van der Waals surface area contributed by atoms with Gasteiger partial charge in [-0.05, 0) is 19.1 Å². The van der Waals surface area contributed by atoms with E-state index in [0.717, 1.165) is 24.6 Å². The molecule has 0 aliphatic carbocycles. The van der Waals surface area contributed by atoms with Gasteiger partial charge in [0, 0.05) is 19.1 Å². The molecule has 0 saturated carbocycles. The van der Waals surface area contributed by atoms with E-state index >= 15 is 0 Å². The summed E-state index contributed by atoms with van der Waals surface area (Å²) in [6.07, 6.45) is -0.0761. The number of rotatable bonds is 3. The summed E-state index contributed by atoms with van der Waals surface area (Å²) >= 11 is 0. The van der Waals surface area contributed by atoms with E-state index in [4.69, 9.17) is 14.2 Å². The molecule has 5 nitrogen and oxygen atoms in total. The van der Waals surface area contributed by atoms with Gasteiger partial charge in [0.25, 0.3) is 0 Å². The lowest BCUT2D eigenvalue weighted by Gasteiger charge is -2.39. The maximum absolute atomic E-state index is 9.22. The van der Waals surface area contributed by atoms with Gasteiger partial charge in [-0.1, -0.05) is 12.1 Å². The minimum Gasteiger partial charge on any atom is -0.486 e. The number of aliphatic hydroxyl groups excluding tert-OH is 1. The first-order chi connectivity index (χ1) is 9.76. The molecule has 3 atom stereocenters. The highest BCUT2D eigenvalue weighted by Gasteiger charge is 2.30. The van der Waals surface area contributed by atoms with Crippen LogP contribution in [0.25, 0.3) is 0 Å². The summed E-state index contributed by atoms with van der Waals surface area (Å²) in [5.41, 5.74) is 0. The summed E-state index contributed by atoms with van der Waals surface area (Å²) in [6.45, 7) is 4.92. The molecule has 0 radical (unpaired) electrons. The largest absolute Gasteiger partial charge is 0.486 e. The number of hydrogen-bond donors (Lipinski definition) is 1. The summed E-state index contributed by atoms with van der Waals surface area (Å²) < 4.78 is 17.3. The van der Waals surface area contributed by atoms with Crippen molar-refractivity contribution in [2.45, 2.75) is 25.2 Å². The van der Waals surface area contributed by atoms with E-state index in [1.54, 1.807) is 0 Å². The zero-order chi connectivity index (χ0) is 13.9. The molecule has 0 aromatic heterocycles. The number of hydrogen-bond acceptors (Lipinski definition) is 5. The lowest BCUT2D eigenvalue weighted by molar-refractivity contribution is -0.0885. The number of ether oxygens (including phenoxy) is 3. The zero-order valence-corrected chi connectivity index (χ0v) is 11.7. The van der Waals surface area contributed by atoms with E-state index in [1.807, 2.05) is 24.3 Å². The molecular formula is C15H21NO4. The molecule has 1 N–H and O–H groups in total. The maximum atomic E-state index is 9.22. The van der Waals surface area contributed by atoms with Crippen molar-refractivity contribution in [3.63, 3.8) is 0 Å². The van der Waals surface area contributed by atoms with Gasteiger partial charge < -0.3 is 19.3 Å². The predicted molar refractivity (Wildman–Crippen MR) is 74.2 cm³/mol. The van der Waals surface area contributed by atoms with Crippen molar-refractivity contribution in [2.75, 3.05) is 32.9 Å². The van der Waals surface area contributed by atoms with Crippen molar-refractivity contribution in [3.8, 4) is 11.5 Å². The first kappa shape index (κ1) is 13.7. The molecule has 1 fully saturated rings. The van der Waals surface area contributed by atoms with E-state index in [0.29, 0.717) is 19.3 Å². The predicted octanol–water partition coefficient (Wildman–Crippen LogP) is 0.908. The third-order valence-corrected chi connectivity index (χ3v) is 3.84. The minimum absolute atomic E-state index is 0.0183. The number of para-hydroxylation sites is 2. The molecule has 0 spiro atoms. The fourth-order valence-electron chi connectivity index (χ4n) is 2.65. The van der Waals surface area contributed by atoms with Gasteiger partial charge in [0.2, 0.25) is 0 Å². The highest BCUT2D eigenvalue weighted by atomic mass is 16.6. The Kier molecular flexibility index (Phi) is 4.10. The molecule has 3 rings (SSSR count). The van der Waals surface area contributed by atoms with Crippen LogP contribution in [0.3, 0.4) is 0 Å². The lowest BCUT2D eigenvalue weighted by Crippen LogP contribution is -2.53. The normalized spacial score (nSPS) is 30.2. The molecule has 2 aliphatic heterocycles. The standard InChI is InChI=1S/C15H21NO4/c1-11-9-18-12(8-17)6-16(11)7-13-10-19-14-4-2-3-5-15(14)20-13/h2-5,11-13,17H,6-10H2,1H3. The number of nitrogens with zero attached hydrogens (tertiary/aromatic N) is 1. The van der Waals surface area contributed by atoms with Crippen LogP contribution in [-0.4, -0.2) is 61.2 Å². The van der Waals surface area contributed by atoms with Gasteiger partial charge in [-0.2, -0.15) is 0 Å². The zero-order valence-electron chi connectivity index (χ0n) is 11.7. The highest BCUT2D eigenvalue weighted by Crippen LogP contribution is 2.31. The summed E-state index contributed by atoms with van der Waals surface area (Å²) in [5, 5.41) is 9.22. The average Bonchev–Trinajstić information content (AvgIpc) is 2.49. The second-order valence-corrected chi connectivity index (χ2v) is 5.44. The van der Waals surface area contributed by atoms with E-state index in [-0.39, 0.29) is 18.8 Å². The third-order valence-electron chi connectivity index (χ3n) is 3.84. The quantitative estimate of drug-likeness (QED) is 0.891. The summed E-state index contributed by atoms with van der Waals surface area (Å²) in [7, 11) is 0. The minimum atomic E-state index is -0.0944. The second-order valence-electron chi connectivity index (χ2n) is 5.44. The molecule has 1 saturated heterocycles. The van der Waals surface area contributed by atoms with E-state index in [2.05, 4.69) is 11.8 Å². The van der Waals surface area contributed by atoms with Crippen molar-refractivity contribution in [2.24, 2.45) is 0 Å². The molecule has 0 amide bonds. The van der Waals surface area contributed by atoms with Crippen LogP contribution in [0.15, 0.2) is 24.3 Å². The van der Waals surface area contributed by atoms with Crippen LogP contribution < -0.4 is 9.47 Å². The molecule has 3 unspecified atom stereocenters. The van der Waals surface area contributed by atoms with Crippen molar-refractivity contribution in [1.82, 2.24) is 4.90 Å². The van der Waals surface area contributed by atoms with Crippen LogP contribution >= 0.6 is 0 Å². The van der Waals surface area contributed by atoms with Crippen LogP contribution in [0.1, 0.15) is 6.92 Å². The number of benzene rings is 1. The van der Waals surface area contributed by atoms with Crippen LogP contribution in [0.5, 0.6) is 11.5 Å². The molecule has 0 bridgehead atoms. The number of fused-ring (bicyclic) bond motifs is 1. The summed E-state index contributed by atoms with van der Waals surface area (Å²) in [5.74, 6) is 1.62. The monoisotopic (exact) mass is 279 g/mol. The van der Waals surface area contributed by atoms with Crippen LogP contribution in [0.4, 0.5) is 0 Å². The molecule has 1 aromatic carbocycles. The molecule has 5 heteroatoms. The molecule has 1 aromatic rings. The molecule has 2 aliphatic rings. The highest BCUT2D eigenvalue weighted by molar-refractivity contribution is 5.40. The van der Waals surface area contributed by atoms with Crippen molar-refractivity contribution in [3.05, 3.63) is 24.3 Å². The Balaban J connectivity index is 1.61. The lowest BCUT2D eigenvalue weighted by atomic mass is 10.1. The van der Waals surface area contributed by atoms with Gasteiger partial charge in [0.15, 0.2) is 11.5 Å². The van der Waals surface area contributed by atoms with Gasteiger partial charge in [0.05, 0.1) is 19.3 Å². The molecular weight excluding hydrogens is 258 g/mol. The summed E-state index contributed by atoms with van der Waals surface area (Å²) in [6, 6.07) is 8.08. The van der Waals surface area contributed by atoms with Crippen LogP contribution in [0.2, 0.25) is 0 Å². The average molecular weight is 279 g/mol. The van der Waals surface area contributed by atoms with Crippen molar-refractivity contribution in [1.29, 1.82) is 0 Å². The Morgan fingerprint density at radius 3 is 2.80 bits per heavy atom. The third kappa shape index (κ3) is 2.90. The summed E-state index contributed by atoms with van der Waals surface area (Å²) in [4.78, 5) is 2.30. The molecule has 2 heterocycles. The van der Waals surface area contributed by atoms with Gasteiger partial charge in [-0.3, -0.25) is 4.90 Å². The topological polar surface area (TPSA) is 51.2 Å². The fourth-order valence-corrected chi connectivity index (χ4v) is 2.65. The van der Waals surface area contributed by atoms with Crippen molar-refractivity contribution < 1.29 is 19.3 Å². The van der Waals surface area contributed by atoms with Crippen LogP contribution in [0, 0.1) is 0 Å². The Labute approximate surface area is 119 Å². The number of aliphatic hydroxyl groups is 1. The first-order valence-corrected chi connectivity index (χ1v) is 7.11. The van der Waals surface area contributed by atoms with E-state index in [9.17, 15) is 5.11 Å². The molecule has 20 heavy (non-hydrogen) atoms. The van der Waals surface area contributed by atoms with Crippen molar-refractivity contribution >= 4 is 0 Å².